The number of amides is 1. The average molecular weight is 391 g/mol. The normalized spacial score (nSPS) is 19.8. The van der Waals surface area contributed by atoms with E-state index in [1.54, 1.807) is 17.1 Å². The first kappa shape index (κ1) is 19.3. The fourth-order valence-corrected chi connectivity index (χ4v) is 3.64. The highest BCUT2D eigenvalue weighted by molar-refractivity contribution is 6.04. The number of carbonyl (C=O) groups is 1. The Labute approximate surface area is 170 Å². The van der Waals surface area contributed by atoms with Crippen LogP contribution in [0, 0.1) is 0 Å². The first-order valence-electron chi connectivity index (χ1n) is 9.81. The molecule has 0 bridgehead atoms. The predicted octanol–water partition coefficient (Wildman–Crippen LogP) is 3.13. The molecular weight excluding hydrogens is 366 g/mol. The molecule has 0 unspecified atom stereocenters. The second-order valence-electron chi connectivity index (χ2n) is 7.46. The molecule has 3 heterocycles. The number of ether oxygens (including phenoxy) is 1. The second-order valence-corrected chi connectivity index (χ2v) is 7.46. The maximum absolute atomic E-state index is 12.5. The zero-order chi connectivity index (χ0) is 20.2. The van der Waals surface area contributed by atoms with Crippen LogP contribution in [0.2, 0.25) is 0 Å². The van der Waals surface area contributed by atoms with Gasteiger partial charge in [0.15, 0.2) is 5.82 Å². The number of carbonyl (C=O) groups excluding carboxylic acids is 1. The Kier molecular flexibility index (Phi) is 5.69. The van der Waals surface area contributed by atoms with Gasteiger partial charge in [0, 0.05) is 37.6 Å². The Hall–Kier alpha value is -3.03. The van der Waals surface area contributed by atoms with Crippen molar-refractivity contribution in [3.8, 4) is 5.82 Å². The van der Waals surface area contributed by atoms with E-state index >= 15 is 0 Å². The highest BCUT2D eigenvalue weighted by Crippen LogP contribution is 2.16. The Balaban J connectivity index is 1.35. The van der Waals surface area contributed by atoms with Crippen molar-refractivity contribution >= 4 is 11.6 Å². The second kappa shape index (κ2) is 8.55. The molecule has 1 saturated heterocycles. The van der Waals surface area contributed by atoms with E-state index in [4.69, 9.17) is 4.74 Å². The van der Waals surface area contributed by atoms with Crippen LogP contribution in [0.15, 0.2) is 61.1 Å². The molecule has 3 aromatic rings. The predicted molar refractivity (Wildman–Crippen MR) is 111 cm³/mol. The van der Waals surface area contributed by atoms with Crippen molar-refractivity contribution in [3.63, 3.8) is 0 Å². The van der Waals surface area contributed by atoms with Crippen LogP contribution in [0.3, 0.4) is 0 Å². The maximum atomic E-state index is 12.5. The van der Waals surface area contributed by atoms with Gasteiger partial charge in [-0.15, -0.1) is 0 Å². The molecule has 1 aromatic carbocycles. The van der Waals surface area contributed by atoms with Crippen LogP contribution in [0.4, 0.5) is 5.69 Å². The number of pyridine rings is 1. The van der Waals surface area contributed by atoms with Crippen molar-refractivity contribution in [3.05, 3.63) is 72.2 Å². The summed E-state index contributed by atoms with van der Waals surface area (Å²) in [5.74, 6) is 0.544. The summed E-state index contributed by atoms with van der Waals surface area (Å²) in [4.78, 5) is 19.3. The summed E-state index contributed by atoms with van der Waals surface area (Å²) in [6.07, 6.45) is 5.64. The van der Waals surface area contributed by atoms with Gasteiger partial charge < -0.3 is 10.1 Å². The van der Waals surface area contributed by atoms with Gasteiger partial charge in [-0.3, -0.25) is 9.69 Å². The third-order valence-corrected chi connectivity index (χ3v) is 4.86. The van der Waals surface area contributed by atoms with Crippen molar-refractivity contribution in [2.24, 2.45) is 0 Å². The Morgan fingerprint density at radius 2 is 1.90 bits per heavy atom. The molecule has 0 aliphatic carbocycles. The molecule has 0 spiro atoms. The number of hydrogen-bond acceptors (Lipinski definition) is 5. The molecule has 7 nitrogen and oxygen atoms in total. The Bertz CT molecular complexity index is 928. The number of benzene rings is 1. The van der Waals surface area contributed by atoms with E-state index in [2.05, 4.69) is 34.1 Å². The van der Waals surface area contributed by atoms with Gasteiger partial charge >= 0.3 is 0 Å². The van der Waals surface area contributed by atoms with Crippen LogP contribution in [0.25, 0.3) is 5.82 Å². The van der Waals surface area contributed by atoms with Gasteiger partial charge in [0.25, 0.3) is 5.91 Å². The first-order chi connectivity index (χ1) is 14.1. The van der Waals surface area contributed by atoms with E-state index in [0.717, 1.165) is 19.6 Å². The van der Waals surface area contributed by atoms with Crippen molar-refractivity contribution in [1.29, 1.82) is 0 Å². The summed E-state index contributed by atoms with van der Waals surface area (Å²) in [5.41, 5.74) is 2.45. The summed E-state index contributed by atoms with van der Waals surface area (Å²) in [6.45, 7) is 6.92. The molecule has 2 aromatic heterocycles. The fraction of sp³-hybridized carbons (Fsp3) is 0.318. The molecule has 2 atom stereocenters. The van der Waals surface area contributed by atoms with Crippen molar-refractivity contribution in [1.82, 2.24) is 19.7 Å². The summed E-state index contributed by atoms with van der Waals surface area (Å²) < 4.78 is 7.45. The van der Waals surface area contributed by atoms with Gasteiger partial charge in [0.05, 0.1) is 24.1 Å². The zero-order valence-electron chi connectivity index (χ0n) is 16.7. The minimum atomic E-state index is -0.154. The monoisotopic (exact) mass is 391 g/mol. The molecule has 1 fully saturated rings. The fourth-order valence-electron chi connectivity index (χ4n) is 3.64. The minimum absolute atomic E-state index is 0.154. The van der Waals surface area contributed by atoms with E-state index in [1.807, 2.05) is 48.7 Å². The molecule has 1 aliphatic rings. The lowest BCUT2D eigenvalue weighted by Gasteiger charge is -2.35. The Morgan fingerprint density at radius 1 is 1.14 bits per heavy atom. The molecule has 7 heteroatoms. The molecule has 1 N–H and O–H groups in total. The van der Waals surface area contributed by atoms with Crippen LogP contribution >= 0.6 is 0 Å². The lowest BCUT2D eigenvalue weighted by atomic mass is 10.1. The third kappa shape index (κ3) is 4.88. The smallest absolute Gasteiger partial charge is 0.255 e. The van der Waals surface area contributed by atoms with Crippen LogP contribution in [-0.2, 0) is 11.3 Å². The van der Waals surface area contributed by atoms with Crippen LogP contribution < -0.4 is 5.32 Å². The summed E-state index contributed by atoms with van der Waals surface area (Å²) in [5, 5.41) is 7.02. The average Bonchev–Trinajstić information content (AvgIpc) is 3.23. The van der Waals surface area contributed by atoms with Crippen molar-refractivity contribution < 1.29 is 9.53 Å². The molecule has 1 amide bonds. The van der Waals surface area contributed by atoms with Gasteiger partial charge in [-0.1, -0.05) is 12.1 Å². The number of anilines is 1. The number of aromatic nitrogens is 3. The number of hydrogen-bond donors (Lipinski definition) is 1. The minimum Gasteiger partial charge on any atom is -0.373 e. The number of nitrogens with one attached hydrogen (secondary N) is 1. The number of nitrogens with zero attached hydrogens (tertiary/aromatic N) is 4. The van der Waals surface area contributed by atoms with Crippen LogP contribution in [0.5, 0.6) is 0 Å². The largest absolute Gasteiger partial charge is 0.373 e. The first-order valence-corrected chi connectivity index (χ1v) is 9.81. The van der Waals surface area contributed by atoms with Crippen LogP contribution in [0.1, 0.15) is 29.8 Å². The molecule has 0 radical (unpaired) electrons. The van der Waals surface area contributed by atoms with E-state index in [9.17, 15) is 4.79 Å². The molecule has 1 aliphatic heterocycles. The molecule has 150 valence electrons. The van der Waals surface area contributed by atoms with Gasteiger partial charge in [0.1, 0.15) is 0 Å². The number of rotatable bonds is 5. The molecule has 0 saturated carbocycles. The van der Waals surface area contributed by atoms with Gasteiger partial charge in [-0.25, -0.2) is 9.67 Å². The summed E-state index contributed by atoms with van der Waals surface area (Å²) >= 11 is 0. The molecular formula is C22H25N5O2. The van der Waals surface area contributed by atoms with Gasteiger partial charge in [-0.2, -0.15) is 5.10 Å². The van der Waals surface area contributed by atoms with Crippen LogP contribution in [-0.4, -0.2) is 50.9 Å². The third-order valence-electron chi connectivity index (χ3n) is 4.86. The molecule has 29 heavy (non-hydrogen) atoms. The lowest BCUT2D eigenvalue weighted by molar-refractivity contribution is -0.0704. The molecule has 4 rings (SSSR count). The van der Waals surface area contributed by atoms with Gasteiger partial charge in [0.2, 0.25) is 0 Å². The lowest BCUT2D eigenvalue weighted by Crippen LogP contribution is -2.44. The van der Waals surface area contributed by atoms with E-state index < -0.39 is 0 Å². The zero-order valence-corrected chi connectivity index (χ0v) is 16.7. The SMILES string of the molecule is C[C@@H]1CN(Cc2ccc(C(=O)Nc3ccc(-n4cccn4)nc3)cc2)C[C@H](C)O1. The maximum Gasteiger partial charge on any atom is 0.255 e. The van der Waals surface area contributed by atoms with E-state index in [1.165, 1.54) is 5.56 Å². The van der Waals surface area contributed by atoms with Crippen molar-refractivity contribution in [2.45, 2.75) is 32.6 Å². The quantitative estimate of drug-likeness (QED) is 0.723. The van der Waals surface area contributed by atoms with Gasteiger partial charge in [-0.05, 0) is 49.7 Å². The summed E-state index contributed by atoms with van der Waals surface area (Å²) in [6, 6.07) is 13.2. The van der Waals surface area contributed by atoms with Crippen molar-refractivity contribution in [2.75, 3.05) is 18.4 Å². The highest BCUT2D eigenvalue weighted by Gasteiger charge is 2.22. The standard InChI is InChI=1S/C22H25N5O2/c1-16-13-26(14-17(2)29-16)15-18-4-6-19(7-5-18)22(28)25-20-8-9-21(23-12-20)27-11-3-10-24-27/h3-12,16-17H,13-15H2,1-2H3,(H,25,28)/t16-,17+. The topological polar surface area (TPSA) is 72.3 Å². The number of morpholine rings is 1. The summed E-state index contributed by atoms with van der Waals surface area (Å²) in [7, 11) is 0. The Morgan fingerprint density at radius 3 is 2.52 bits per heavy atom. The highest BCUT2D eigenvalue weighted by atomic mass is 16.5. The van der Waals surface area contributed by atoms with E-state index in [-0.39, 0.29) is 18.1 Å². The van der Waals surface area contributed by atoms with E-state index in [0.29, 0.717) is 17.1 Å².